The summed E-state index contributed by atoms with van der Waals surface area (Å²) in [5, 5.41) is 13.3. The van der Waals surface area contributed by atoms with Crippen molar-refractivity contribution in [2.75, 3.05) is 12.3 Å². The molecule has 0 saturated carbocycles. The van der Waals surface area contributed by atoms with E-state index in [4.69, 9.17) is 4.98 Å². The zero-order valence-corrected chi connectivity index (χ0v) is 18.2. The van der Waals surface area contributed by atoms with Crippen molar-refractivity contribution in [3.05, 3.63) is 94.7 Å². The Labute approximate surface area is 187 Å². The maximum Gasteiger partial charge on any atom is 0.230 e. The molecule has 1 aromatic heterocycles. The average molecular weight is 428 g/mol. The summed E-state index contributed by atoms with van der Waals surface area (Å²) in [5.74, 6) is 0.700. The largest absolute Gasteiger partial charge is 0.355 e. The van der Waals surface area contributed by atoms with Crippen LogP contribution in [0.3, 0.4) is 0 Å². The lowest BCUT2D eigenvalue weighted by Gasteiger charge is -2.25. The van der Waals surface area contributed by atoms with Crippen LogP contribution in [0.5, 0.6) is 0 Å². The number of carbonyl (C=O) groups is 1. The molecule has 1 atom stereocenters. The molecule has 4 rings (SSSR count). The van der Waals surface area contributed by atoms with Gasteiger partial charge in [0.2, 0.25) is 5.91 Å². The number of hydrogen-bond acceptors (Lipinski definition) is 4. The zero-order chi connectivity index (χ0) is 21.5. The molecule has 0 bridgehead atoms. The molecule has 4 nitrogen and oxygen atoms in total. The molecule has 31 heavy (non-hydrogen) atoms. The van der Waals surface area contributed by atoms with Gasteiger partial charge in [-0.3, -0.25) is 4.79 Å². The molecule has 1 heterocycles. The second-order valence-electron chi connectivity index (χ2n) is 7.78. The number of nitrogens with one attached hydrogen (secondary N) is 1. The van der Waals surface area contributed by atoms with Crippen LogP contribution < -0.4 is 5.32 Å². The molecule has 1 N–H and O–H groups in total. The van der Waals surface area contributed by atoms with Crippen LogP contribution in [0.15, 0.2) is 71.8 Å². The van der Waals surface area contributed by atoms with Crippen molar-refractivity contribution in [2.24, 2.45) is 0 Å². The van der Waals surface area contributed by atoms with Crippen molar-refractivity contribution in [1.82, 2.24) is 10.3 Å². The van der Waals surface area contributed by atoms with Crippen molar-refractivity contribution in [2.45, 2.75) is 36.6 Å². The smallest absolute Gasteiger partial charge is 0.230 e. The number of aryl methyl sites for hydroxylation is 1. The van der Waals surface area contributed by atoms with Gasteiger partial charge in [0.25, 0.3) is 0 Å². The summed E-state index contributed by atoms with van der Waals surface area (Å²) < 4.78 is 0. The number of aromatic nitrogens is 1. The molecule has 156 valence electrons. The fourth-order valence-electron chi connectivity index (χ4n) is 4.02. The summed E-state index contributed by atoms with van der Waals surface area (Å²) >= 11 is 1.35. The van der Waals surface area contributed by atoms with Crippen LogP contribution in [0, 0.1) is 11.3 Å². The Bertz CT molecular complexity index is 1080. The van der Waals surface area contributed by atoms with Crippen molar-refractivity contribution >= 4 is 17.7 Å². The van der Waals surface area contributed by atoms with Gasteiger partial charge >= 0.3 is 0 Å². The maximum absolute atomic E-state index is 12.3. The predicted molar refractivity (Wildman–Crippen MR) is 124 cm³/mol. The van der Waals surface area contributed by atoms with Gasteiger partial charge in [-0.25, -0.2) is 4.98 Å². The monoisotopic (exact) mass is 427 g/mol. The molecule has 2 aromatic carbocycles. The Hall–Kier alpha value is -3.10. The summed E-state index contributed by atoms with van der Waals surface area (Å²) in [4.78, 5) is 17.0. The van der Waals surface area contributed by atoms with Crippen molar-refractivity contribution in [1.29, 1.82) is 5.26 Å². The molecule has 0 radical (unpaired) electrons. The van der Waals surface area contributed by atoms with Crippen molar-refractivity contribution < 1.29 is 4.79 Å². The van der Waals surface area contributed by atoms with E-state index in [1.807, 2.05) is 30.3 Å². The van der Waals surface area contributed by atoms with Crippen LogP contribution in [0.1, 0.15) is 40.3 Å². The highest BCUT2D eigenvalue weighted by molar-refractivity contribution is 8.00. The molecular formula is C26H25N3OS. The lowest BCUT2D eigenvalue weighted by Crippen LogP contribution is -2.27. The average Bonchev–Trinajstić information content (AvgIpc) is 2.83. The second kappa shape index (κ2) is 10.3. The van der Waals surface area contributed by atoms with Crippen LogP contribution in [-0.2, 0) is 24.1 Å². The summed E-state index contributed by atoms with van der Waals surface area (Å²) in [6, 6.07) is 24.9. The third-order valence-electron chi connectivity index (χ3n) is 5.66. The van der Waals surface area contributed by atoms with E-state index < -0.39 is 0 Å². The van der Waals surface area contributed by atoms with E-state index in [2.05, 4.69) is 47.8 Å². The van der Waals surface area contributed by atoms with E-state index in [9.17, 15) is 10.1 Å². The lowest BCUT2D eigenvalue weighted by atomic mass is 9.82. The van der Waals surface area contributed by atoms with Gasteiger partial charge in [-0.05, 0) is 54.4 Å². The fraction of sp³-hybridized carbons (Fsp3) is 0.269. The van der Waals surface area contributed by atoms with Gasteiger partial charge < -0.3 is 5.32 Å². The molecule has 3 aromatic rings. The van der Waals surface area contributed by atoms with Gasteiger partial charge in [0.15, 0.2) is 0 Å². The standard InChI is InChI=1S/C26H25N3OS/c27-17-23-16-22-15-21(20-9-5-2-6-10-20)11-12-24(22)29-26(23)31-18-25(30)28-14-13-19-7-3-1-4-8-19/h1-10,16,21H,11-15,18H2,(H,28,30)/t21-/m0/s1. The summed E-state index contributed by atoms with van der Waals surface area (Å²) in [7, 11) is 0. The molecule has 0 spiro atoms. The molecule has 5 heteroatoms. The number of nitrogens with zero attached hydrogens (tertiary/aromatic N) is 2. The van der Waals surface area contributed by atoms with Crippen molar-refractivity contribution in [3.63, 3.8) is 0 Å². The van der Waals surface area contributed by atoms with Gasteiger partial charge in [0.1, 0.15) is 11.1 Å². The molecule has 1 aliphatic rings. The number of thioether (sulfide) groups is 1. The summed E-state index contributed by atoms with van der Waals surface area (Å²) in [6.45, 7) is 0.604. The van der Waals surface area contributed by atoms with Gasteiger partial charge in [-0.15, -0.1) is 0 Å². The molecule has 0 fully saturated rings. The van der Waals surface area contributed by atoms with Gasteiger partial charge in [-0.2, -0.15) is 5.26 Å². The first-order chi connectivity index (χ1) is 15.2. The topological polar surface area (TPSA) is 65.8 Å². The molecule has 0 aliphatic heterocycles. The highest BCUT2D eigenvalue weighted by atomic mass is 32.2. The quantitative estimate of drug-likeness (QED) is 0.556. The van der Waals surface area contributed by atoms with E-state index in [0.29, 0.717) is 23.1 Å². The zero-order valence-electron chi connectivity index (χ0n) is 17.4. The number of carbonyl (C=O) groups excluding carboxylic acids is 1. The van der Waals surface area contributed by atoms with Gasteiger partial charge in [0.05, 0.1) is 11.3 Å². The minimum absolute atomic E-state index is 0.0338. The Morgan fingerprint density at radius 1 is 1.13 bits per heavy atom. The Kier molecular flexibility index (Phi) is 7.01. The number of amides is 1. The molecule has 1 amide bonds. The number of nitriles is 1. The van der Waals surface area contributed by atoms with E-state index in [1.54, 1.807) is 0 Å². The Morgan fingerprint density at radius 3 is 2.61 bits per heavy atom. The van der Waals surface area contributed by atoms with E-state index in [-0.39, 0.29) is 11.7 Å². The number of benzene rings is 2. The number of hydrogen-bond donors (Lipinski definition) is 1. The normalized spacial score (nSPS) is 15.0. The summed E-state index contributed by atoms with van der Waals surface area (Å²) in [6.07, 6.45) is 3.67. The first-order valence-corrected chi connectivity index (χ1v) is 11.6. The van der Waals surface area contributed by atoms with E-state index in [0.717, 1.165) is 36.9 Å². The Balaban J connectivity index is 1.35. The van der Waals surface area contributed by atoms with Crippen LogP contribution in [-0.4, -0.2) is 23.2 Å². The number of fused-ring (bicyclic) bond motifs is 1. The lowest BCUT2D eigenvalue weighted by molar-refractivity contribution is -0.118. The van der Waals surface area contributed by atoms with E-state index in [1.165, 1.54) is 22.9 Å². The highest BCUT2D eigenvalue weighted by Crippen LogP contribution is 2.34. The van der Waals surface area contributed by atoms with Gasteiger partial charge in [-0.1, -0.05) is 72.4 Å². The van der Waals surface area contributed by atoms with E-state index >= 15 is 0 Å². The first kappa shape index (κ1) is 21.1. The summed E-state index contributed by atoms with van der Waals surface area (Å²) in [5.41, 5.74) is 5.34. The van der Waals surface area contributed by atoms with Crippen LogP contribution in [0.4, 0.5) is 0 Å². The first-order valence-electron chi connectivity index (χ1n) is 10.6. The Morgan fingerprint density at radius 2 is 1.87 bits per heavy atom. The molecule has 1 aliphatic carbocycles. The molecule has 0 unspecified atom stereocenters. The minimum atomic E-state index is -0.0338. The predicted octanol–water partition coefficient (Wildman–Crippen LogP) is 4.68. The fourth-order valence-corrected chi connectivity index (χ4v) is 4.83. The highest BCUT2D eigenvalue weighted by Gasteiger charge is 2.23. The van der Waals surface area contributed by atoms with Crippen LogP contribution in [0.2, 0.25) is 0 Å². The maximum atomic E-state index is 12.3. The second-order valence-corrected chi connectivity index (χ2v) is 8.75. The van der Waals surface area contributed by atoms with Crippen molar-refractivity contribution in [3.8, 4) is 6.07 Å². The SMILES string of the molecule is N#Cc1cc2c(nc1SCC(=O)NCCc1ccccc1)CC[C@H](c1ccccc1)C2. The third kappa shape index (κ3) is 5.53. The molecule has 0 saturated heterocycles. The van der Waals surface area contributed by atoms with Crippen LogP contribution in [0.25, 0.3) is 0 Å². The number of pyridine rings is 1. The van der Waals surface area contributed by atoms with Gasteiger partial charge in [0, 0.05) is 12.2 Å². The minimum Gasteiger partial charge on any atom is -0.355 e. The third-order valence-corrected chi connectivity index (χ3v) is 6.65. The molecular weight excluding hydrogens is 402 g/mol. The number of rotatable bonds is 7. The van der Waals surface area contributed by atoms with Crippen LogP contribution >= 0.6 is 11.8 Å².